The Hall–Kier alpha value is -2.61. The number of fused-ring (bicyclic) bond motifs is 2. The van der Waals surface area contributed by atoms with E-state index in [1.54, 1.807) is 0 Å². The predicted octanol–water partition coefficient (Wildman–Crippen LogP) is 2.82. The number of nitrogens with zero attached hydrogens (tertiary/aromatic N) is 2. The molecule has 2 aliphatic rings. The average molecular weight is 407 g/mol. The summed E-state index contributed by atoms with van der Waals surface area (Å²) in [5.74, 6) is -1.19. The van der Waals surface area contributed by atoms with Gasteiger partial charge >= 0.3 is 0 Å². The summed E-state index contributed by atoms with van der Waals surface area (Å²) < 4.78 is 1.01. The Kier molecular flexibility index (Phi) is 4.46. The summed E-state index contributed by atoms with van der Waals surface area (Å²) in [4.78, 5) is 31.1. The molecule has 2 saturated heterocycles. The number of para-hydroxylation sites is 1. The lowest BCUT2D eigenvalue weighted by atomic mass is 9.78. The van der Waals surface area contributed by atoms with Gasteiger partial charge in [-0.2, -0.15) is 0 Å². The van der Waals surface area contributed by atoms with Gasteiger partial charge in [0.05, 0.1) is 16.4 Å². The number of hydrogen-bond acceptors (Lipinski definition) is 6. The Morgan fingerprint density at radius 1 is 1.10 bits per heavy atom. The molecule has 0 spiro atoms. The van der Waals surface area contributed by atoms with Gasteiger partial charge in [0, 0.05) is 12.0 Å². The number of thiazole rings is 1. The lowest BCUT2D eigenvalue weighted by Gasteiger charge is -2.35. The lowest BCUT2D eigenvalue weighted by molar-refractivity contribution is -0.136. The van der Waals surface area contributed by atoms with Crippen molar-refractivity contribution in [2.24, 2.45) is 11.8 Å². The summed E-state index contributed by atoms with van der Waals surface area (Å²) in [5.41, 5.74) is 6.35. The van der Waals surface area contributed by atoms with Crippen molar-refractivity contribution in [2.75, 3.05) is 5.01 Å². The van der Waals surface area contributed by atoms with Crippen LogP contribution in [-0.4, -0.2) is 28.9 Å². The molecule has 2 N–H and O–H groups in total. The normalized spacial score (nSPS) is 26.9. The van der Waals surface area contributed by atoms with Gasteiger partial charge in [-0.05, 0) is 43.5 Å². The Bertz CT molecular complexity index is 1080. The molecular weight excluding hydrogens is 384 g/mol. The van der Waals surface area contributed by atoms with Crippen LogP contribution in [0.15, 0.2) is 48.5 Å². The standard InChI is InChI=1S/C22H22N4O2S/c1-12-7-3-4-8-14(12)11-15-13(2)23-20-18(19(15)27)21(28)26(25-20)22-24-16-9-5-6-10-17(16)29-22/h3-10,13,15,18,20,23,25H,11H2,1-2H3. The van der Waals surface area contributed by atoms with Crippen LogP contribution in [0.25, 0.3) is 10.2 Å². The number of nitrogens with one attached hydrogen (secondary N) is 2. The number of rotatable bonds is 3. The monoisotopic (exact) mass is 406 g/mol. The molecule has 3 heterocycles. The minimum Gasteiger partial charge on any atom is -0.298 e. The van der Waals surface area contributed by atoms with Gasteiger partial charge in [0.25, 0.3) is 5.91 Å². The molecule has 0 radical (unpaired) electrons. The van der Waals surface area contributed by atoms with Gasteiger partial charge in [-0.1, -0.05) is 47.7 Å². The molecule has 0 saturated carbocycles. The molecule has 1 aromatic heterocycles. The fourth-order valence-corrected chi connectivity index (χ4v) is 5.25. The summed E-state index contributed by atoms with van der Waals surface area (Å²) in [7, 11) is 0. The van der Waals surface area contributed by atoms with Crippen LogP contribution in [0.3, 0.4) is 0 Å². The first kappa shape index (κ1) is 18.4. The highest BCUT2D eigenvalue weighted by Crippen LogP contribution is 2.34. The molecule has 2 aromatic carbocycles. The molecule has 1 amide bonds. The van der Waals surface area contributed by atoms with Gasteiger partial charge < -0.3 is 0 Å². The second kappa shape index (κ2) is 7.02. The van der Waals surface area contributed by atoms with Crippen LogP contribution in [0.1, 0.15) is 18.1 Å². The maximum absolute atomic E-state index is 13.3. The zero-order chi connectivity index (χ0) is 20.1. The van der Waals surface area contributed by atoms with E-state index in [4.69, 9.17) is 0 Å². The number of aryl methyl sites for hydroxylation is 1. The van der Waals surface area contributed by atoms with Crippen molar-refractivity contribution in [1.29, 1.82) is 0 Å². The van der Waals surface area contributed by atoms with Crippen molar-refractivity contribution in [3.05, 3.63) is 59.7 Å². The quantitative estimate of drug-likeness (QED) is 0.655. The number of ketones is 1. The largest absolute Gasteiger partial charge is 0.298 e. The number of piperidine rings is 1. The first-order valence-electron chi connectivity index (χ1n) is 9.83. The Labute approximate surface area is 172 Å². The van der Waals surface area contributed by atoms with Crippen LogP contribution >= 0.6 is 11.3 Å². The number of hydrogen-bond donors (Lipinski definition) is 2. The number of anilines is 1. The van der Waals surface area contributed by atoms with Gasteiger partial charge in [-0.15, -0.1) is 0 Å². The SMILES string of the molecule is Cc1ccccc1CC1C(=O)C2C(=O)N(c3nc4ccccc4s3)NC2NC1C. The average Bonchev–Trinajstić information content (AvgIpc) is 3.27. The molecule has 4 atom stereocenters. The van der Waals surface area contributed by atoms with Crippen LogP contribution in [0.4, 0.5) is 5.13 Å². The highest BCUT2D eigenvalue weighted by Gasteiger charge is 2.52. The molecule has 29 heavy (non-hydrogen) atoms. The van der Waals surface area contributed by atoms with E-state index in [2.05, 4.69) is 34.8 Å². The van der Waals surface area contributed by atoms with Gasteiger partial charge in [0.15, 0.2) is 5.78 Å². The fraction of sp³-hybridized carbons (Fsp3) is 0.318. The molecular formula is C22H22N4O2S. The molecule has 4 unspecified atom stereocenters. The summed E-state index contributed by atoms with van der Waals surface area (Å²) in [6.07, 6.45) is 0.238. The number of Topliss-reactive ketones (excluding diaryl/α,β-unsaturated/α-hetero) is 1. The number of carbonyl (C=O) groups is 2. The Morgan fingerprint density at radius 2 is 1.86 bits per heavy atom. The number of hydrazine groups is 1. The third-order valence-electron chi connectivity index (χ3n) is 5.98. The van der Waals surface area contributed by atoms with E-state index >= 15 is 0 Å². The fourth-order valence-electron chi connectivity index (χ4n) is 4.31. The molecule has 148 valence electrons. The molecule has 3 aromatic rings. The van der Waals surface area contributed by atoms with E-state index in [1.807, 2.05) is 43.3 Å². The first-order chi connectivity index (χ1) is 14.0. The summed E-state index contributed by atoms with van der Waals surface area (Å²) >= 11 is 1.44. The molecule has 5 rings (SSSR count). The van der Waals surface area contributed by atoms with E-state index in [-0.39, 0.29) is 23.7 Å². The Morgan fingerprint density at radius 3 is 2.66 bits per heavy atom. The topological polar surface area (TPSA) is 74.3 Å². The van der Waals surface area contributed by atoms with Gasteiger partial charge in [-0.25, -0.2) is 15.4 Å². The van der Waals surface area contributed by atoms with Gasteiger partial charge in [0.1, 0.15) is 5.92 Å². The van der Waals surface area contributed by atoms with E-state index in [0.717, 1.165) is 15.8 Å². The van der Waals surface area contributed by atoms with Crippen molar-refractivity contribution in [2.45, 2.75) is 32.5 Å². The van der Waals surface area contributed by atoms with E-state index in [1.165, 1.54) is 21.9 Å². The van der Waals surface area contributed by atoms with Gasteiger partial charge in [-0.3, -0.25) is 14.9 Å². The Balaban J connectivity index is 1.42. The highest BCUT2D eigenvalue weighted by molar-refractivity contribution is 7.22. The number of benzene rings is 2. The third-order valence-corrected chi connectivity index (χ3v) is 7.00. The van der Waals surface area contributed by atoms with E-state index in [0.29, 0.717) is 11.6 Å². The predicted molar refractivity (Wildman–Crippen MR) is 113 cm³/mol. The van der Waals surface area contributed by atoms with E-state index in [9.17, 15) is 9.59 Å². The van der Waals surface area contributed by atoms with Crippen molar-refractivity contribution in [3.63, 3.8) is 0 Å². The van der Waals surface area contributed by atoms with Gasteiger partial charge in [0.2, 0.25) is 5.13 Å². The number of amides is 1. The number of aromatic nitrogens is 1. The zero-order valence-electron chi connectivity index (χ0n) is 16.3. The second-order valence-corrected chi connectivity index (χ2v) is 8.83. The maximum atomic E-state index is 13.3. The van der Waals surface area contributed by atoms with Crippen molar-refractivity contribution >= 4 is 38.4 Å². The van der Waals surface area contributed by atoms with Crippen LogP contribution < -0.4 is 15.8 Å². The number of carbonyl (C=O) groups excluding carboxylic acids is 2. The third kappa shape index (κ3) is 3.06. The first-order valence-corrected chi connectivity index (χ1v) is 10.6. The van der Waals surface area contributed by atoms with Crippen LogP contribution in [-0.2, 0) is 16.0 Å². The van der Waals surface area contributed by atoms with Crippen molar-refractivity contribution in [3.8, 4) is 0 Å². The lowest BCUT2D eigenvalue weighted by Crippen LogP contribution is -2.59. The smallest absolute Gasteiger partial charge is 0.257 e. The molecule has 2 aliphatic heterocycles. The molecule has 0 aliphatic carbocycles. The highest BCUT2D eigenvalue weighted by atomic mass is 32.1. The van der Waals surface area contributed by atoms with E-state index < -0.39 is 12.1 Å². The van der Waals surface area contributed by atoms with Crippen molar-refractivity contribution in [1.82, 2.24) is 15.7 Å². The van der Waals surface area contributed by atoms with Crippen molar-refractivity contribution < 1.29 is 9.59 Å². The molecule has 7 heteroatoms. The van der Waals surface area contributed by atoms with Crippen LogP contribution in [0.5, 0.6) is 0 Å². The minimum absolute atomic E-state index is 0.00520. The molecule has 2 fully saturated rings. The molecule has 0 bridgehead atoms. The summed E-state index contributed by atoms with van der Waals surface area (Å²) in [5, 5.41) is 5.47. The zero-order valence-corrected chi connectivity index (χ0v) is 17.1. The van der Waals surface area contributed by atoms with Crippen LogP contribution in [0, 0.1) is 18.8 Å². The minimum atomic E-state index is -0.729. The second-order valence-electron chi connectivity index (χ2n) is 7.82. The molecule has 6 nitrogen and oxygen atoms in total. The maximum Gasteiger partial charge on any atom is 0.257 e. The summed E-state index contributed by atoms with van der Waals surface area (Å²) in [6.45, 7) is 4.07. The van der Waals surface area contributed by atoms with Crippen LogP contribution in [0.2, 0.25) is 0 Å². The summed E-state index contributed by atoms with van der Waals surface area (Å²) in [6, 6.07) is 15.9.